The largest absolute Gasteiger partial charge is 0.364 e. The number of halogens is 1. The number of fused-ring (bicyclic) bond motifs is 1. The van der Waals surface area contributed by atoms with Crippen LogP contribution in [-0.2, 0) is 13.6 Å². The highest BCUT2D eigenvalue weighted by atomic mass is 79.9. The van der Waals surface area contributed by atoms with Crippen molar-refractivity contribution in [3.63, 3.8) is 0 Å². The van der Waals surface area contributed by atoms with Crippen molar-refractivity contribution in [2.45, 2.75) is 13.8 Å². The number of carbonyl (C=O) groups excluding carboxylic acids is 1. The summed E-state index contributed by atoms with van der Waals surface area (Å²) >= 11 is 3.42. The first-order chi connectivity index (χ1) is 15.5. The predicted octanol–water partition coefficient (Wildman–Crippen LogP) is 6.49. The highest BCUT2D eigenvalue weighted by Gasteiger charge is 2.37. The fourth-order valence-electron chi connectivity index (χ4n) is 3.81. The smallest absolute Gasteiger partial charge is 0.312 e. The maximum absolute atomic E-state index is 14.1. The second kappa shape index (κ2) is 9.55. The molecular weight excluding hydrogens is 489 g/mol. The number of ketones is 1. The van der Waals surface area contributed by atoms with Gasteiger partial charge in [-0.3, -0.25) is 9.36 Å². The highest BCUT2D eigenvalue weighted by Crippen LogP contribution is 2.52. The molecule has 0 aliphatic heterocycles. The predicted molar refractivity (Wildman–Crippen MR) is 131 cm³/mol. The highest BCUT2D eigenvalue weighted by molar-refractivity contribution is 9.10. The molecule has 0 saturated carbocycles. The minimum absolute atomic E-state index is 0.177. The van der Waals surface area contributed by atoms with Crippen molar-refractivity contribution in [3.05, 3.63) is 94.7 Å². The summed E-state index contributed by atoms with van der Waals surface area (Å²) in [6.07, 6.45) is 1.81. The first-order valence-corrected chi connectivity index (χ1v) is 12.7. The van der Waals surface area contributed by atoms with Crippen molar-refractivity contribution in [1.82, 2.24) is 4.40 Å². The standard InChI is InChI=1S/C25H23BrNO4P/c1-3-30-32(29,31-4-2)25-21-12-8-9-17-27(21)23(22(25)18-10-6-5-7-11-18)24(28)19-13-15-20(26)16-14-19/h5-17H,3-4H2,1-2H3. The molecule has 0 aliphatic carbocycles. The third kappa shape index (κ3) is 4.12. The lowest BCUT2D eigenvalue weighted by Gasteiger charge is -2.18. The minimum atomic E-state index is -3.72. The number of rotatable bonds is 8. The molecule has 0 unspecified atom stereocenters. The molecule has 0 aliphatic rings. The van der Waals surface area contributed by atoms with Gasteiger partial charge in [-0.15, -0.1) is 0 Å². The van der Waals surface area contributed by atoms with E-state index in [0.717, 1.165) is 10.0 Å². The number of hydrogen-bond acceptors (Lipinski definition) is 4. The van der Waals surface area contributed by atoms with E-state index in [1.807, 2.05) is 60.7 Å². The molecule has 2 aromatic carbocycles. The van der Waals surface area contributed by atoms with E-state index in [1.54, 1.807) is 36.6 Å². The Morgan fingerprint density at radius 2 is 1.53 bits per heavy atom. The molecule has 4 aromatic rings. The van der Waals surface area contributed by atoms with Crippen molar-refractivity contribution >= 4 is 40.1 Å². The van der Waals surface area contributed by atoms with Gasteiger partial charge in [0, 0.05) is 21.8 Å². The molecule has 2 heterocycles. The van der Waals surface area contributed by atoms with Gasteiger partial charge in [0.2, 0.25) is 5.78 Å². The molecule has 0 amide bonds. The normalized spacial score (nSPS) is 11.7. The van der Waals surface area contributed by atoms with Crippen LogP contribution >= 0.6 is 23.5 Å². The Labute approximate surface area is 195 Å². The van der Waals surface area contributed by atoms with Crippen LogP contribution in [0.15, 0.2) is 83.5 Å². The number of carbonyl (C=O) groups is 1. The van der Waals surface area contributed by atoms with E-state index in [2.05, 4.69) is 15.9 Å². The minimum Gasteiger partial charge on any atom is -0.312 e. The zero-order valence-corrected chi connectivity index (χ0v) is 20.3. The molecule has 4 rings (SSSR count). The number of aromatic nitrogens is 1. The lowest BCUT2D eigenvalue weighted by molar-refractivity contribution is 0.103. The summed E-state index contributed by atoms with van der Waals surface area (Å²) in [7, 11) is -3.72. The van der Waals surface area contributed by atoms with Gasteiger partial charge in [-0.2, -0.15) is 0 Å². The van der Waals surface area contributed by atoms with E-state index >= 15 is 0 Å². The number of hydrogen-bond donors (Lipinski definition) is 0. The second-order valence-electron chi connectivity index (χ2n) is 7.06. The van der Waals surface area contributed by atoms with Crippen LogP contribution in [0.5, 0.6) is 0 Å². The molecule has 32 heavy (non-hydrogen) atoms. The molecule has 0 atom stereocenters. The van der Waals surface area contributed by atoms with E-state index in [0.29, 0.717) is 27.6 Å². The molecule has 0 fully saturated rings. The summed E-state index contributed by atoms with van der Waals surface area (Å²) in [6.45, 7) is 3.98. The van der Waals surface area contributed by atoms with E-state index in [-0.39, 0.29) is 19.0 Å². The first-order valence-electron chi connectivity index (χ1n) is 10.4. The quantitative estimate of drug-likeness (QED) is 0.200. The molecule has 5 nitrogen and oxygen atoms in total. The topological polar surface area (TPSA) is 57.0 Å². The van der Waals surface area contributed by atoms with Crippen molar-refractivity contribution in [2.24, 2.45) is 0 Å². The van der Waals surface area contributed by atoms with Crippen LogP contribution in [0, 0.1) is 0 Å². The third-order valence-corrected chi connectivity index (χ3v) is 7.80. The maximum Gasteiger partial charge on any atom is 0.364 e. The molecule has 0 N–H and O–H groups in total. The first kappa shape index (κ1) is 22.7. The SMILES string of the molecule is CCOP(=O)(OCC)c1c(-c2ccccc2)c(C(=O)c2ccc(Br)cc2)n2ccccc12. The summed E-state index contributed by atoms with van der Waals surface area (Å²) in [5, 5.41) is 0.411. The van der Waals surface area contributed by atoms with Crippen LogP contribution in [0.4, 0.5) is 0 Å². The number of pyridine rings is 1. The van der Waals surface area contributed by atoms with Crippen LogP contribution < -0.4 is 5.30 Å². The third-order valence-electron chi connectivity index (χ3n) is 5.07. The zero-order valence-electron chi connectivity index (χ0n) is 17.8. The zero-order chi connectivity index (χ0) is 22.7. The van der Waals surface area contributed by atoms with Gasteiger partial charge in [-0.05, 0) is 55.8 Å². The van der Waals surface area contributed by atoms with Crippen LogP contribution in [0.3, 0.4) is 0 Å². The Hall–Kier alpha value is -2.50. The summed E-state index contributed by atoms with van der Waals surface area (Å²) in [5.74, 6) is -0.177. The summed E-state index contributed by atoms with van der Waals surface area (Å²) in [5.41, 5.74) is 2.91. The fourth-order valence-corrected chi connectivity index (χ4v) is 6.06. The van der Waals surface area contributed by atoms with E-state index in [1.165, 1.54) is 0 Å². The van der Waals surface area contributed by atoms with E-state index < -0.39 is 7.60 Å². The van der Waals surface area contributed by atoms with E-state index in [4.69, 9.17) is 9.05 Å². The van der Waals surface area contributed by atoms with Crippen molar-refractivity contribution in [2.75, 3.05) is 13.2 Å². The Kier molecular flexibility index (Phi) is 6.77. The Balaban J connectivity index is 2.11. The molecule has 7 heteroatoms. The van der Waals surface area contributed by atoms with Crippen molar-refractivity contribution in [1.29, 1.82) is 0 Å². The Morgan fingerprint density at radius 1 is 0.906 bits per heavy atom. The average molecular weight is 512 g/mol. The molecule has 0 spiro atoms. The molecule has 0 bridgehead atoms. The van der Waals surface area contributed by atoms with Crippen LogP contribution in [0.1, 0.15) is 29.9 Å². The summed E-state index contributed by atoms with van der Waals surface area (Å²) in [4.78, 5) is 13.8. The maximum atomic E-state index is 14.1. The molecule has 0 radical (unpaired) electrons. The molecule has 2 aromatic heterocycles. The Morgan fingerprint density at radius 3 is 2.16 bits per heavy atom. The van der Waals surface area contributed by atoms with Gasteiger partial charge in [0.05, 0.1) is 24.0 Å². The van der Waals surface area contributed by atoms with Crippen molar-refractivity contribution < 1.29 is 18.4 Å². The second-order valence-corrected chi connectivity index (χ2v) is 9.94. The molecule has 164 valence electrons. The van der Waals surface area contributed by atoms with Gasteiger partial charge in [-0.1, -0.05) is 52.3 Å². The molecule has 0 saturated heterocycles. The van der Waals surface area contributed by atoms with Gasteiger partial charge in [0.1, 0.15) is 5.69 Å². The number of benzene rings is 2. The summed E-state index contributed by atoms with van der Waals surface area (Å²) in [6, 6.07) is 22.2. The van der Waals surface area contributed by atoms with E-state index in [9.17, 15) is 9.36 Å². The Bertz CT molecular complexity index is 1290. The van der Waals surface area contributed by atoms with Crippen LogP contribution in [-0.4, -0.2) is 23.4 Å². The average Bonchev–Trinajstić information content (AvgIpc) is 3.16. The number of nitrogens with zero attached hydrogens (tertiary/aromatic N) is 1. The van der Waals surface area contributed by atoms with Gasteiger partial charge in [0.25, 0.3) is 0 Å². The lowest BCUT2D eigenvalue weighted by Crippen LogP contribution is -2.13. The van der Waals surface area contributed by atoms with Gasteiger partial charge in [-0.25, -0.2) is 0 Å². The summed E-state index contributed by atoms with van der Waals surface area (Å²) < 4.78 is 28.2. The van der Waals surface area contributed by atoms with Gasteiger partial charge < -0.3 is 13.4 Å². The fraction of sp³-hybridized carbons (Fsp3) is 0.160. The van der Waals surface area contributed by atoms with Gasteiger partial charge in [0.15, 0.2) is 0 Å². The lowest BCUT2D eigenvalue weighted by atomic mass is 10.0. The molecular formula is C25H23BrNO4P. The van der Waals surface area contributed by atoms with Crippen molar-refractivity contribution in [3.8, 4) is 11.1 Å². The monoisotopic (exact) mass is 511 g/mol. The van der Waals surface area contributed by atoms with Crippen LogP contribution in [0.25, 0.3) is 16.6 Å². The van der Waals surface area contributed by atoms with Crippen LogP contribution in [0.2, 0.25) is 0 Å². The van der Waals surface area contributed by atoms with Gasteiger partial charge >= 0.3 is 7.60 Å².